The van der Waals surface area contributed by atoms with E-state index in [9.17, 15) is 5.11 Å². The fourth-order valence-corrected chi connectivity index (χ4v) is 2.12. The minimum absolute atomic E-state index is 0.00213. The number of para-hydroxylation sites is 1. The zero-order valence-electron chi connectivity index (χ0n) is 9.15. The maximum Gasteiger partial charge on any atom is 0.124 e. The summed E-state index contributed by atoms with van der Waals surface area (Å²) in [6.45, 7) is 2.12. The molecule has 2 unspecified atom stereocenters. The van der Waals surface area contributed by atoms with Gasteiger partial charge in [-0.05, 0) is 37.3 Å². The Kier molecular flexibility index (Phi) is 3.27. The van der Waals surface area contributed by atoms with Gasteiger partial charge in [0.15, 0.2) is 0 Å². The summed E-state index contributed by atoms with van der Waals surface area (Å²) in [4.78, 5) is 0. The van der Waals surface area contributed by atoms with Gasteiger partial charge >= 0.3 is 0 Å². The van der Waals surface area contributed by atoms with Crippen molar-refractivity contribution in [3.63, 3.8) is 0 Å². The molecule has 0 bridgehead atoms. The summed E-state index contributed by atoms with van der Waals surface area (Å²) in [5, 5.41) is 9.69. The fraction of sp³-hybridized carbons (Fsp3) is 0.538. The molecule has 1 aromatic rings. The molecule has 2 heteroatoms. The first kappa shape index (κ1) is 10.5. The zero-order valence-corrected chi connectivity index (χ0v) is 9.15. The van der Waals surface area contributed by atoms with Crippen LogP contribution < -0.4 is 4.74 Å². The summed E-state index contributed by atoms with van der Waals surface area (Å²) in [5.41, 5.74) is 1.22. The molecule has 1 fully saturated rings. The van der Waals surface area contributed by atoms with Gasteiger partial charge in [0.25, 0.3) is 0 Å². The maximum atomic E-state index is 9.69. The SMILES string of the molecule is CCc1ccccc1OC1CCCC1O. The van der Waals surface area contributed by atoms with Crippen LogP contribution in [0.1, 0.15) is 31.7 Å². The van der Waals surface area contributed by atoms with Crippen molar-refractivity contribution in [1.29, 1.82) is 0 Å². The molecule has 0 saturated heterocycles. The van der Waals surface area contributed by atoms with Crippen molar-refractivity contribution in [3.05, 3.63) is 29.8 Å². The Hall–Kier alpha value is -1.02. The Bertz CT molecular complexity index is 322. The predicted molar refractivity (Wildman–Crippen MR) is 60.1 cm³/mol. The molecule has 82 valence electrons. The van der Waals surface area contributed by atoms with E-state index in [0.29, 0.717) is 0 Å². The van der Waals surface area contributed by atoms with Crippen LogP contribution in [0.4, 0.5) is 0 Å². The third-order valence-corrected chi connectivity index (χ3v) is 3.05. The number of hydrogen-bond donors (Lipinski definition) is 1. The topological polar surface area (TPSA) is 29.5 Å². The molecule has 0 heterocycles. The van der Waals surface area contributed by atoms with Gasteiger partial charge in [0.05, 0.1) is 6.10 Å². The average Bonchev–Trinajstić information content (AvgIpc) is 2.65. The largest absolute Gasteiger partial charge is 0.487 e. The van der Waals surface area contributed by atoms with Crippen molar-refractivity contribution < 1.29 is 9.84 Å². The number of ether oxygens (including phenoxy) is 1. The summed E-state index contributed by atoms with van der Waals surface area (Å²) in [5.74, 6) is 0.936. The summed E-state index contributed by atoms with van der Waals surface area (Å²) in [6.07, 6.45) is 3.60. The first-order valence-corrected chi connectivity index (χ1v) is 5.74. The Labute approximate surface area is 90.9 Å². The van der Waals surface area contributed by atoms with Crippen LogP contribution in [0.3, 0.4) is 0 Å². The molecule has 1 aliphatic rings. The number of aliphatic hydroxyl groups excluding tert-OH is 1. The molecule has 0 aromatic heterocycles. The quantitative estimate of drug-likeness (QED) is 0.823. The summed E-state index contributed by atoms with van der Waals surface area (Å²) in [7, 11) is 0. The number of aliphatic hydroxyl groups is 1. The van der Waals surface area contributed by atoms with E-state index in [4.69, 9.17) is 4.74 Å². The molecule has 15 heavy (non-hydrogen) atoms. The number of benzene rings is 1. The predicted octanol–water partition coefficient (Wildman–Crippen LogP) is 2.54. The van der Waals surface area contributed by atoms with Gasteiger partial charge in [-0.3, -0.25) is 0 Å². The molecule has 2 atom stereocenters. The van der Waals surface area contributed by atoms with Gasteiger partial charge in [-0.15, -0.1) is 0 Å². The van der Waals surface area contributed by atoms with Gasteiger partial charge in [-0.25, -0.2) is 0 Å². The minimum atomic E-state index is -0.282. The molecular formula is C13H18O2. The Balaban J connectivity index is 2.09. The van der Waals surface area contributed by atoms with Gasteiger partial charge in [0, 0.05) is 0 Å². The van der Waals surface area contributed by atoms with Crippen LogP contribution >= 0.6 is 0 Å². The van der Waals surface area contributed by atoms with Gasteiger partial charge < -0.3 is 9.84 Å². The van der Waals surface area contributed by atoms with E-state index in [1.54, 1.807) is 0 Å². The molecule has 1 aromatic carbocycles. The Morgan fingerprint density at radius 2 is 2.13 bits per heavy atom. The van der Waals surface area contributed by atoms with Gasteiger partial charge in [0.1, 0.15) is 11.9 Å². The third-order valence-electron chi connectivity index (χ3n) is 3.05. The van der Waals surface area contributed by atoms with Gasteiger partial charge in [-0.1, -0.05) is 25.1 Å². The number of rotatable bonds is 3. The number of aryl methyl sites for hydroxylation is 1. The standard InChI is InChI=1S/C13H18O2/c1-2-10-6-3-4-8-12(10)15-13-9-5-7-11(13)14/h3-4,6,8,11,13-14H,2,5,7,9H2,1H3. The van der Waals surface area contributed by atoms with Crippen LogP contribution in [0.2, 0.25) is 0 Å². The molecule has 2 rings (SSSR count). The van der Waals surface area contributed by atoms with Crippen molar-refractivity contribution in [2.75, 3.05) is 0 Å². The van der Waals surface area contributed by atoms with E-state index in [-0.39, 0.29) is 12.2 Å². The molecular weight excluding hydrogens is 188 g/mol. The maximum absolute atomic E-state index is 9.69. The Morgan fingerprint density at radius 1 is 1.33 bits per heavy atom. The highest BCUT2D eigenvalue weighted by Crippen LogP contribution is 2.27. The molecule has 1 saturated carbocycles. The lowest BCUT2D eigenvalue weighted by Crippen LogP contribution is -2.26. The van der Waals surface area contributed by atoms with Crippen LogP contribution in [-0.4, -0.2) is 17.3 Å². The first-order chi connectivity index (χ1) is 7.31. The summed E-state index contributed by atoms with van der Waals surface area (Å²) < 4.78 is 5.86. The molecule has 1 N–H and O–H groups in total. The van der Waals surface area contributed by atoms with Crippen LogP contribution in [0, 0.1) is 0 Å². The normalized spacial score (nSPS) is 25.5. The van der Waals surface area contributed by atoms with Crippen molar-refractivity contribution in [3.8, 4) is 5.75 Å². The second-order valence-corrected chi connectivity index (χ2v) is 4.12. The van der Waals surface area contributed by atoms with E-state index in [0.717, 1.165) is 31.4 Å². The lowest BCUT2D eigenvalue weighted by molar-refractivity contribution is 0.0598. The van der Waals surface area contributed by atoms with Crippen LogP contribution in [0.25, 0.3) is 0 Å². The molecule has 0 radical (unpaired) electrons. The van der Waals surface area contributed by atoms with Crippen LogP contribution in [-0.2, 0) is 6.42 Å². The molecule has 2 nitrogen and oxygen atoms in total. The molecule has 0 aliphatic heterocycles. The smallest absolute Gasteiger partial charge is 0.124 e. The van der Waals surface area contributed by atoms with E-state index >= 15 is 0 Å². The fourth-order valence-electron chi connectivity index (χ4n) is 2.12. The number of hydrogen-bond acceptors (Lipinski definition) is 2. The average molecular weight is 206 g/mol. The highest BCUT2D eigenvalue weighted by molar-refractivity contribution is 5.33. The van der Waals surface area contributed by atoms with Crippen molar-refractivity contribution >= 4 is 0 Å². The van der Waals surface area contributed by atoms with Crippen LogP contribution in [0.15, 0.2) is 24.3 Å². The zero-order chi connectivity index (χ0) is 10.7. The van der Waals surface area contributed by atoms with Crippen molar-refractivity contribution in [2.45, 2.75) is 44.8 Å². The van der Waals surface area contributed by atoms with Crippen molar-refractivity contribution in [2.24, 2.45) is 0 Å². The van der Waals surface area contributed by atoms with Crippen molar-refractivity contribution in [1.82, 2.24) is 0 Å². The van der Waals surface area contributed by atoms with E-state index < -0.39 is 0 Å². The molecule has 1 aliphatic carbocycles. The van der Waals surface area contributed by atoms with E-state index in [1.165, 1.54) is 5.56 Å². The second kappa shape index (κ2) is 4.67. The van der Waals surface area contributed by atoms with Crippen LogP contribution in [0.5, 0.6) is 5.75 Å². The lowest BCUT2D eigenvalue weighted by atomic mass is 10.1. The minimum Gasteiger partial charge on any atom is -0.487 e. The second-order valence-electron chi connectivity index (χ2n) is 4.12. The molecule has 0 spiro atoms. The monoisotopic (exact) mass is 206 g/mol. The highest BCUT2D eigenvalue weighted by atomic mass is 16.5. The lowest BCUT2D eigenvalue weighted by Gasteiger charge is -2.19. The highest BCUT2D eigenvalue weighted by Gasteiger charge is 2.27. The van der Waals surface area contributed by atoms with E-state index in [2.05, 4.69) is 13.0 Å². The molecule has 0 amide bonds. The summed E-state index contributed by atoms with van der Waals surface area (Å²) in [6, 6.07) is 8.08. The Morgan fingerprint density at radius 3 is 2.80 bits per heavy atom. The first-order valence-electron chi connectivity index (χ1n) is 5.74. The van der Waals surface area contributed by atoms with Gasteiger partial charge in [0.2, 0.25) is 0 Å². The summed E-state index contributed by atoms with van der Waals surface area (Å²) >= 11 is 0. The van der Waals surface area contributed by atoms with Gasteiger partial charge in [-0.2, -0.15) is 0 Å². The third kappa shape index (κ3) is 2.32. The van der Waals surface area contributed by atoms with E-state index in [1.807, 2.05) is 18.2 Å².